The molecule has 0 aliphatic carbocycles. The summed E-state index contributed by atoms with van der Waals surface area (Å²) in [4.78, 5) is 0. The Hall–Kier alpha value is -1.82. The number of aromatic nitrogens is 2. The van der Waals surface area contributed by atoms with Crippen molar-refractivity contribution in [3.8, 4) is 11.5 Å². The molecule has 0 radical (unpaired) electrons. The molecule has 0 spiro atoms. The number of nitrogens with one attached hydrogen (secondary N) is 1. The first kappa shape index (κ1) is 14.6. The van der Waals surface area contributed by atoms with Crippen molar-refractivity contribution in [2.24, 2.45) is 0 Å². The third kappa shape index (κ3) is 3.19. The first-order chi connectivity index (χ1) is 9.65. The van der Waals surface area contributed by atoms with Gasteiger partial charge in [-0.3, -0.25) is 0 Å². The van der Waals surface area contributed by atoms with Gasteiger partial charge in [-0.2, -0.15) is 0 Å². The zero-order valence-corrected chi connectivity index (χ0v) is 11.5. The van der Waals surface area contributed by atoms with Crippen LogP contribution < -0.4 is 5.32 Å². The Kier molecular flexibility index (Phi) is 4.79. The SMILES string of the molecule is CCCNC(CC)c1nnc(-c2cc(F)ccc2F)o1. The molecule has 1 unspecified atom stereocenters. The molecule has 0 aliphatic heterocycles. The molecule has 0 amide bonds. The fourth-order valence-corrected chi connectivity index (χ4v) is 1.87. The van der Waals surface area contributed by atoms with Crippen LogP contribution in [0.2, 0.25) is 0 Å². The van der Waals surface area contributed by atoms with Crippen molar-refractivity contribution in [3.63, 3.8) is 0 Å². The molecule has 1 N–H and O–H groups in total. The third-order valence-electron chi connectivity index (χ3n) is 2.95. The van der Waals surface area contributed by atoms with E-state index in [0.29, 0.717) is 5.89 Å². The number of hydrogen-bond acceptors (Lipinski definition) is 4. The molecule has 6 heteroatoms. The average Bonchev–Trinajstić information content (AvgIpc) is 2.92. The number of nitrogens with zero attached hydrogens (tertiary/aromatic N) is 2. The summed E-state index contributed by atoms with van der Waals surface area (Å²) < 4.78 is 32.3. The van der Waals surface area contributed by atoms with Gasteiger partial charge in [0.05, 0.1) is 11.6 Å². The molecule has 0 saturated heterocycles. The van der Waals surface area contributed by atoms with Crippen molar-refractivity contribution in [1.82, 2.24) is 15.5 Å². The number of hydrogen-bond donors (Lipinski definition) is 1. The number of halogens is 2. The summed E-state index contributed by atoms with van der Waals surface area (Å²) >= 11 is 0. The molecular formula is C14H17F2N3O. The quantitative estimate of drug-likeness (QED) is 0.881. The van der Waals surface area contributed by atoms with Crippen LogP contribution in [0.3, 0.4) is 0 Å². The molecule has 2 aromatic rings. The Morgan fingerprint density at radius 3 is 2.75 bits per heavy atom. The van der Waals surface area contributed by atoms with Gasteiger partial charge in [0.2, 0.25) is 5.89 Å². The lowest BCUT2D eigenvalue weighted by atomic mass is 10.2. The molecule has 0 bridgehead atoms. The highest BCUT2D eigenvalue weighted by Gasteiger charge is 2.19. The minimum atomic E-state index is -0.587. The lowest BCUT2D eigenvalue weighted by Gasteiger charge is -2.11. The van der Waals surface area contributed by atoms with Crippen LogP contribution in [0, 0.1) is 11.6 Å². The molecule has 1 aromatic carbocycles. The summed E-state index contributed by atoms with van der Waals surface area (Å²) in [5, 5.41) is 11.0. The van der Waals surface area contributed by atoms with Crippen molar-refractivity contribution >= 4 is 0 Å². The van der Waals surface area contributed by atoms with Gasteiger partial charge < -0.3 is 9.73 Å². The van der Waals surface area contributed by atoms with Crippen molar-refractivity contribution in [2.45, 2.75) is 32.7 Å². The average molecular weight is 281 g/mol. The predicted molar refractivity (Wildman–Crippen MR) is 71.0 cm³/mol. The molecule has 1 aromatic heterocycles. The summed E-state index contributed by atoms with van der Waals surface area (Å²) in [6.45, 7) is 4.87. The highest BCUT2D eigenvalue weighted by molar-refractivity contribution is 5.53. The van der Waals surface area contributed by atoms with E-state index in [1.807, 2.05) is 6.92 Å². The summed E-state index contributed by atoms with van der Waals surface area (Å²) in [5.41, 5.74) is -0.0194. The summed E-state index contributed by atoms with van der Waals surface area (Å²) in [6, 6.07) is 3.06. The molecule has 108 valence electrons. The van der Waals surface area contributed by atoms with Crippen LogP contribution in [0.25, 0.3) is 11.5 Å². The fraction of sp³-hybridized carbons (Fsp3) is 0.429. The zero-order chi connectivity index (χ0) is 14.5. The van der Waals surface area contributed by atoms with E-state index >= 15 is 0 Å². The lowest BCUT2D eigenvalue weighted by Crippen LogP contribution is -2.21. The molecule has 2 rings (SSSR count). The van der Waals surface area contributed by atoms with Gasteiger partial charge in [-0.1, -0.05) is 13.8 Å². The summed E-state index contributed by atoms with van der Waals surface area (Å²) in [6.07, 6.45) is 1.75. The molecular weight excluding hydrogens is 264 g/mol. The van der Waals surface area contributed by atoms with Gasteiger partial charge in [0.1, 0.15) is 11.6 Å². The minimum absolute atomic E-state index is 0.00579. The van der Waals surface area contributed by atoms with Crippen LogP contribution in [0.4, 0.5) is 8.78 Å². The monoisotopic (exact) mass is 281 g/mol. The van der Waals surface area contributed by atoms with Crippen LogP contribution in [-0.4, -0.2) is 16.7 Å². The summed E-state index contributed by atoms with van der Waals surface area (Å²) in [7, 11) is 0. The van der Waals surface area contributed by atoms with Crippen LogP contribution >= 0.6 is 0 Å². The molecule has 0 fully saturated rings. The Labute approximate surface area is 116 Å². The van der Waals surface area contributed by atoms with Crippen molar-refractivity contribution in [3.05, 3.63) is 35.7 Å². The Balaban J connectivity index is 2.25. The van der Waals surface area contributed by atoms with Crippen LogP contribution in [0.5, 0.6) is 0 Å². The minimum Gasteiger partial charge on any atom is -0.419 e. The Morgan fingerprint density at radius 2 is 2.05 bits per heavy atom. The van der Waals surface area contributed by atoms with Gasteiger partial charge in [-0.05, 0) is 37.6 Å². The normalized spacial score (nSPS) is 12.6. The summed E-state index contributed by atoms with van der Waals surface area (Å²) in [5.74, 6) is -0.748. The van der Waals surface area contributed by atoms with Crippen LogP contribution in [0.15, 0.2) is 22.6 Å². The topological polar surface area (TPSA) is 51.0 Å². The smallest absolute Gasteiger partial charge is 0.250 e. The van der Waals surface area contributed by atoms with Crippen molar-refractivity contribution in [1.29, 1.82) is 0 Å². The van der Waals surface area contributed by atoms with E-state index in [1.54, 1.807) is 0 Å². The van der Waals surface area contributed by atoms with Gasteiger partial charge in [-0.15, -0.1) is 10.2 Å². The first-order valence-electron chi connectivity index (χ1n) is 6.67. The van der Waals surface area contributed by atoms with E-state index in [1.165, 1.54) is 0 Å². The number of rotatable bonds is 6. The molecule has 4 nitrogen and oxygen atoms in total. The van der Waals surface area contributed by atoms with Gasteiger partial charge in [0.25, 0.3) is 5.89 Å². The first-order valence-corrected chi connectivity index (χ1v) is 6.67. The fourth-order valence-electron chi connectivity index (χ4n) is 1.87. The van der Waals surface area contributed by atoms with Crippen LogP contribution in [0.1, 0.15) is 38.6 Å². The molecule has 20 heavy (non-hydrogen) atoms. The molecule has 1 heterocycles. The Morgan fingerprint density at radius 1 is 1.25 bits per heavy atom. The van der Waals surface area contributed by atoms with Gasteiger partial charge in [0.15, 0.2) is 0 Å². The van der Waals surface area contributed by atoms with E-state index in [4.69, 9.17) is 4.42 Å². The van der Waals surface area contributed by atoms with E-state index in [9.17, 15) is 8.78 Å². The highest BCUT2D eigenvalue weighted by Crippen LogP contribution is 2.25. The van der Waals surface area contributed by atoms with Crippen molar-refractivity contribution < 1.29 is 13.2 Å². The van der Waals surface area contributed by atoms with E-state index < -0.39 is 11.6 Å². The zero-order valence-electron chi connectivity index (χ0n) is 11.5. The highest BCUT2D eigenvalue weighted by atomic mass is 19.1. The van der Waals surface area contributed by atoms with E-state index in [0.717, 1.165) is 37.6 Å². The third-order valence-corrected chi connectivity index (χ3v) is 2.95. The maximum atomic E-state index is 13.6. The van der Waals surface area contributed by atoms with E-state index in [-0.39, 0.29) is 17.5 Å². The largest absolute Gasteiger partial charge is 0.419 e. The maximum Gasteiger partial charge on any atom is 0.250 e. The lowest BCUT2D eigenvalue weighted by molar-refractivity contribution is 0.395. The standard InChI is InChI=1S/C14H17F2N3O/c1-3-7-17-12(4-2)14-19-18-13(20-14)10-8-9(15)5-6-11(10)16/h5-6,8,12,17H,3-4,7H2,1-2H3. The number of benzene rings is 1. The second-order valence-corrected chi connectivity index (χ2v) is 4.48. The Bertz CT molecular complexity index is 571. The van der Waals surface area contributed by atoms with Gasteiger partial charge in [-0.25, -0.2) is 8.78 Å². The predicted octanol–water partition coefficient (Wildman–Crippen LogP) is 3.47. The molecule has 0 aliphatic rings. The second kappa shape index (κ2) is 6.56. The molecule has 0 saturated carbocycles. The van der Waals surface area contributed by atoms with Gasteiger partial charge in [0, 0.05) is 0 Å². The van der Waals surface area contributed by atoms with Crippen LogP contribution in [-0.2, 0) is 0 Å². The van der Waals surface area contributed by atoms with E-state index in [2.05, 4.69) is 22.4 Å². The molecule has 1 atom stereocenters. The second-order valence-electron chi connectivity index (χ2n) is 4.48. The van der Waals surface area contributed by atoms with Crippen molar-refractivity contribution in [2.75, 3.05) is 6.54 Å². The van der Waals surface area contributed by atoms with Gasteiger partial charge >= 0.3 is 0 Å². The maximum absolute atomic E-state index is 13.6.